The van der Waals surface area contributed by atoms with Crippen LogP contribution < -0.4 is 13.8 Å². The molecule has 0 aromatic heterocycles. The van der Waals surface area contributed by atoms with E-state index in [4.69, 9.17) is 9.47 Å². The van der Waals surface area contributed by atoms with Crippen molar-refractivity contribution in [2.75, 3.05) is 24.1 Å². The minimum Gasteiger partial charge on any atom is -0.486 e. The fraction of sp³-hybridized carbons (Fsp3) is 0.294. The standard InChI is InChI=1S/C17H19NO4S/c1-3-18(14-6-4-5-13(2)11-14)23(19,20)15-7-8-16-17(12-15)22-10-9-21-16/h4-8,11-12H,3,9-10H2,1-2H3. The first-order valence-electron chi connectivity index (χ1n) is 7.51. The van der Waals surface area contributed by atoms with Crippen LogP contribution in [-0.2, 0) is 10.0 Å². The van der Waals surface area contributed by atoms with Crippen molar-refractivity contribution >= 4 is 15.7 Å². The summed E-state index contributed by atoms with van der Waals surface area (Å²) in [7, 11) is -3.66. The third kappa shape index (κ3) is 2.99. The predicted molar refractivity (Wildman–Crippen MR) is 88.8 cm³/mol. The molecule has 0 saturated heterocycles. The summed E-state index contributed by atoms with van der Waals surface area (Å²) in [6.45, 7) is 5.00. The van der Waals surface area contributed by atoms with Gasteiger partial charge in [0, 0.05) is 12.6 Å². The zero-order valence-corrected chi connectivity index (χ0v) is 14.0. The summed E-state index contributed by atoms with van der Waals surface area (Å²) >= 11 is 0. The van der Waals surface area contributed by atoms with E-state index < -0.39 is 10.0 Å². The first-order valence-corrected chi connectivity index (χ1v) is 8.95. The van der Waals surface area contributed by atoms with Crippen molar-refractivity contribution in [1.29, 1.82) is 0 Å². The number of rotatable bonds is 4. The Labute approximate surface area is 136 Å². The van der Waals surface area contributed by atoms with Gasteiger partial charge >= 0.3 is 0 Å². The molecule has 0 N–H and O–H groups in total. The molecule has 122 valence electrons. The van der Waals surface area contributed by atoms with Crippen LogP contribution in [0.15, 0.2) is 47.4 Å². The van der Waals surface area contributed by atoms with Crippen molar-refractivity contribution in [3.8, 4) is 11.5 Å². The summed E-state index contributed by atoms with van der Waals surface area (Å²) in [6.07, 6.45) is 0. The summed E-state index contributed by atoms with van der Waals surface area (Å²) in [5, 5.41) is 0. The van der Waals surface area contributed by atoms with Crippen LogP contribution in [0.4, 0.5) is 5.69 Å². The molecular formula is C17H19NO4S. The van der Waals surface area contributed by atoms with E-state index in [1.54, 1.807) is 18.2 Å². The van der Waals surface area contributed by atoms with Gasteiger partial charge in [0.2, 0.25) is 0 Å². The number of anilines is 1. The number of hydrogen-bond acceptors (Lipinski definition) is 4. The van der Waals surface area contributed by atoms with E-state index in [-0.39, 0.29) is 4.90 Å². The Balaban J connectivity index is 2.02. The summed E-state index contributed by atoms with van der Waals surface area (Å²) in [4.78, 5) is 0.199. The van der Waals surface area contributed by atoms with Crippen LogP contribution in [0.3, 0.4) is 0 Å². The predicted octanol–water partition coefficient (Wildman–Crippen LogP) is 2.98. The SMILES string of the molecule is CCN(c1cccc(C)c1)S(=O)(=O)c1ccc2c(c1)OCCO2. The molecule has 2 aromatic carbocycles. The number of ether oxygens (including phenoxy) is 2. The van der Waals surface area contributed by atoms with Crippen molar-refractivity contribution in [1.82, 2.24) is 0 Å². The second kappa shape index (κ2) is 6.12. The number of hydrogen-bond donors (Lipinski definition) is 0. The molecule has 0 radical (unpaired) electrons. The van der Waals surface area contributed by atoms with Crippen LogP contribution >= 0.6 is 0 Å². The van der Waals surface area contributed by atoms with Crippen molar-refractivity contribution in [3.05, 3.63) is 48.0 Å². The maximum Gasteiger partial charge on any atom is 0.264 e. The van der Waals surface area contributed by atoms with Crippen LogP contribution in [0.2, 0.25) is 0 Å². The molecule has 1 aliphatic heterocycles. The van der Waals surface area contributed by atoms with E-state index in [1.165, 1.54) is 10.4 Å². The first kappa shape index (κ1) is 15.7. The second-order valence-corrected chi connectivity index (χ2v) is 7.18. The molecule has 0 amide bonds. The Morgan fingerprint density at radius 1 is 1.04 bits per heavy atom. The van der Waals surface area contributed by atoms with Crippen LogP contribution in [0.25, 0.3) is 0 Å². The lowest BCUT2D eigenvalue weighted by Gasteiger charge is -2.24. The lowest BCUT2D eigenvalue weighted by Crippen LogP contribution is -2.31. The minimum atomic E-state index is -3.66. The van der Waals surface area contributed by atoms with Gasteiger partial charge in [0.05, 0.1) is 10.6 Å². The third-order valence-electron chi connectivity index (χ3n) is 3.68. The number of nitrogens with zero attached hydrogens (tertiary/aromatic N) is 1. The molecule has 0 atom stereocenters. The average molecular weight is 333 g/mol. The highest BCUT2D eigenvalue weighted by atomic mass is 32.2. The van der Waals surface area contributed by atoms with E-state index in [9.17, 15) is 8.42 Å². The van der Waals surface area contributed by atoms with Gasteiger partial charge in [-0.05, 0) is 43.7 Å². The maximum atomic E-state index is 13.0. The molecule has 3 rings (SSSR count). The summed E-state index contributed by atoms with van der Waals surface area (Å²) in [5.41, 5.74) is 1.67. The van der Waals surface area contributed by atoms with Gasteiger partial charge in [0.1, 0.15) is 13.2 Å². The first-order chi connectivity index (χ1) is 11.0. The molecule has 1 heterocycles. The highest BCUT2D eigenvalue weighted by Crippen LogP contribution is 2.34. The summed E-state index contributed by atoms with van der Waals surface area (Å²) in [5.74, 6) is 1.05. The van der Waals surface area contributed by atoms with E-state index in [2.05, 4.69) is 0 Å². The highest BCUT2D eigenvalue weighted by Gasteiger charge is 2.25. The fourth-order valence-electron chi connectivity index (χ4n) is 2.59. The molecule has 5 nitrogen and oxygen atoms in total. The van der Waals surface area contributed by atoms with Crippen LogP contribution in [-0.4, -0.2) is 28.2 Å². The van der Waals surface area contributed by atoms with Crippen LogP contribution in [0.5, 0.6) is 11.5 Å². The Hall–Kier alpha value is -2.21. The molecule has 0 bridgehead atoms. The monoisotopic (exact) mass is 333 g/mol. The fourth-order valence-corrected chi connectivity index (χ4v) is 4.07. The smallest absolute Gasteiger partial charge is 0.264 e. The van der Waals surface area contributed by atoms with Gasteiger partial charge in [-0.1, -0.05) is 12.1 Å². The van der Waals surface area contributed by atoms with Gasteiger partial charge in [-0.3, -0.25) is 4.31 Å². The van der Waals surface area contributed by atoms with E-state index >= 15 is 0 Å². The van der Waals surface area contributed by atoms with Crippen molar-refractivity contribution in [2.24, 2.45) is 0 Å². The molecule has 0 saturated carbocycles. The number of fused-ring (bicyclic) bond motifs is 1. The average Bonchev–Trinajstić information content (AvgIpc) is 2.55. The Morgan fingerprint density at radius 3 is 2.48 bits per heavy atom. The van der Waals surface area contributed by atoms with E-state index in [0.717, 1.165) is 5.56 Å². The van der Waals surface area contributed by atoms with Gasteiger partial charge in [-0.25, -0.2) is 8.42 Å². The zero-order chi connectivity index (χ0) is 16.4. The minimum absolute atomic E-state index is 0.199. The van der Waals surface area contributed by atoms with Crippen LogP contribution in [0.1, 0.15) is 12.5 Å². The van der Waals surface area contributed by atoms with E-state index in [0.29, 0.717) is 36.9 Å². The molecule has 0 fully saturated rings. The Bertz CT molecular complexity index is 817. The quantitative estimate of drug-likeness (QED) is 0.863. The van der Waals surface area contributed by atoms with Crippen LogP contribution in [0, 0.1) is 6.92 Å². The Morgan fingerprint density at radius 2 is 1.78 bits per heavy atom. The third-order valence-corrected chi connectivity index (χ3v) is 5.58. The van der Waals surface area contributed by atoms with Crippen molar-refractivity contribution in [2.45, 2.75) is 18.7 Å². The Kier molecular flexibility index (Phi) is 4.17. The molecule has 23 heavy (non-hydrogen) atoms. The second-order valence-electron chi connectivity index (χ2n) is 5.31. The zero-order valence-electron chi connectivity index (χ0n) is 13.2. The van der Waals surface area contributed by atoms with Crippen molar-refractivity contribution < 1.29 is 17.9 Å². The molecule has 1 aliphatic rings. The lowest BCUT2D eigenvalue weighted by molar-refractivity contribution is 0.171. The molecule has 2 aromatic rings. The van der Waals surface area contributed by atoms with Gasteiger partial charge in [0.25, 0.3) is 10.0 Å². The molecular weight excluding hydrogens is 314 g/mol. The van der Waals surface area contributed by atoms with Crippen molar-refractivity contribution in [3.63, 3.8) is 0 Å². The normalized spacial score (nSPS) is 13.7. The van der Waals surface area contributed by atoms with Gasteiger partial charge in [-0.2, -0.15) is 0 Å². The molecule has 0 aliphatic carbocycles. The maximum absolute atomic E-state index is 13.0. The largest absolute Gasteiger partial charge is 0.486 e. The number of sulfonamides is 1. The van der Waals surface area contributed by atoms with Gasteiger partial charge in [-0.15, -0.1) is 0 Å². The molecule has 0 spiro atoms. The summed E-state index contributed by atoms with van der Waals surface area (Å²) < 4.78 is 38.3. The number of benzene rings is 2. The lowest BCUT2D eigenvalue weighted by atomic mass is 10.2. The van der Waals surface area contributed by atoms with Gasteiger partial charge < -0.3 is 9.47 Å². The molecule has 0 unspecified atom stereocenters. The number of aryl methyl sites for hydroxylation is 1. The summed E-state index contributed by atoms with van der Waals surface area (Å²) in [6, 6.07) is 12.2. The topological polar surface area (TPSA) is 55.8 Å². The van der Waals surface area contributed by atoms with Gasteiger partial charge in [0.15, 0.2) is 11.5 Å². The molecule has 6 heteroatoms. The highest BCUT2D eigenvalue weighted by molar-refractivity contribution is 7.92. The van der Waals surface area contributed by atoms with E-state index in [1.807, 2.05) is 32.0 Å².